The number of rotatable bonds is 4. The third-order valence-electron chi connectivity index (χ3n) is 2.16. The fraction of sp³-hybridized carbons (Fsp3) is 0.364. The van der Waals surface area contributed by atoms with Gasteiger partial charge in [-0.2, -0.15) is 0 Å². The highest BCUT2D eigenvalue weighted by Crippen LogP contribution is 2.10. The molecule has 0 saturated carbocycles. The van der Waals surface area contributed by atoms with Crippen LogP contribution in [0.3, 0.4) is 0 Å². The Bertz CT molecular complexity index is 310. The highest BCUT2D eigenvalue weighted by molar-refractivity contribution is 5.69. The first-order valence-electron chi connectivity index (χ1n) is 4.61. The van der Waals surface area contributed by atoms with E-state index in [1.165, 1.54) is 7.11 Å². The van der Waals surface area contributed by atoms with E-state index in [4.69, 9.17) is 5.73 Å². The van der Waals surface area contributed by atoms with Crippen molar-refractivity contribution < 1.29 is 9.53 Å². The molecule has 14 heavy (non-hydrogen) atoms. The number of carbonyl (C=O) groups is 1. The molecule has 0 bridgehead atoms. The Kier molecular flexibility index (Phi) is 4.13. The van der Waals surface area contributed by atoms with Crippen molar-refractivity contribution in [1.29, 1.82) is 0 Å². The Morgan fingerprint density at radius 3 is 2.57 bits per heavy atom. The lowest BCUT2D eigenvalue weighted by Crippen LogP contribution is -2.05. The maximum atomic E-state index is 10.9. The summed E-state index contributed by atoms with van der Waals surface area (Å²) in [7, 11) is 1.40. The van der Waals surface area contributed by atoms with Crippen LogP contribution in [-0.2, 0) is 22.5 Å². The second kappa shape index (κ2) is 5.40. The quantitative estimate of drug-likeness (QED) is 0.732. The maximum Gasteiger partial charge on any atom is 0.305 e. The van der Waals surface area contributed by atoms with Crippen molar-refractivity contribution >= 4 is 5.97 Å². The molecule has 0 aliphatic rings. The fourth-order valence-electron chi connectivity index (χ4n) is 1.34. The lowest BCUT2D eigenvalue weighted by molar-refractivity contribution is -0.140. The van der Waals surface area contributed by atoms with Crippen LogP contribution >= 0.6 is 0 Å². The highest BCUT2D eigenvalue weighted by atomic mass is 16.5. The van der Waals surface area contributed by atoms with Gasteiger partial charge in [-0.05, 0) is 17.5 Å². The molecule has 0 aliphatic carbocycles. The Hall–Kier alpha value is -1.35. The number of methoxy groups -OCH3 is 1. The van der Waals surface area contributed by atoms with Crippen molar-refractivity contribution in [1.82, 2.24) is 0 Å². The van der Waals surface area contributed by atoms with Crippen molar-refractivity contribution in [3.05, 3.63) is 35.4 Å². The van der Waals surface area contributed by atoms with Gasteiger partial charge >= 0.3 is 5.97 Å². The average molecular weight is 193 g/mol. The Morgan fingerprint density at radius 1 is 1.36 bits per heavy atom. The van der Waals surface area contributed by atoms with Gasteiger partial charge in [0.15, 0.2) is 0 Å². The minimum atomic E-state index is -0.183. The molecule has 0 unspecified atom stereocenters. The number of aryl methyl sites for hydroxylation is 1. The average Bonchev–Trinajstić information content (AvgIpc) is 2.26. The third-order valence-corrected chi connectivity index (χ3v) is 2.16. The molecule has 1 aromatic carbocycles. The first-order valence-corrected chi connectivity index (χ1v) is 4.61. The molecular formula is C11H15NO2. The van der Waals surface area contributed by atoms with Crippen molar-refractivity contribution in [2.24, 2.45) is 5.73 Å². The molecule has 0 amide bonds. The fourth-order valence-corrected chi connectivity index (χ4v) is 1.34. The smallest absolute Gasteiger partial charge is 0.305 e. The predicted molar refractivity (Wildman–Crippen MR) is 54.7 cm³/mol. The van der Waals surface area contributed by atoms with Gasteiger partial charge in [0.1, 0.15) is 0 Å². The summed E-state index contributed by atoms with van der Waals surface area (Å²) in [6.45, 7) is 0.511. The van der Waals surface area contributed by atoms with E-state index in [1.54, 1.807) is 0 Å². The van der Waals surface area contributed by atoms with Crippen LogP contribution in [0.4, 0.5) is 0 Å². The molecule has 2 N–H and O–H groups in total. The number of benzene rings is 1. The molecule has 0 aliphatic heterocycles. The highest BCUT2D eigenvalue weighted by Gasteiger charge is 2.04. The molecule has 1 rings (SSSR count). The molecule has 3 heteroatoms. The van der Waals surface area contributed by atoms with Gasteiger partial charge in [-0.3, -0.25) is 4.79 Å². The summed E-state index contributed by atoms with van der Waals surface area (Å²) in [6, 6.07) is 7.87. The Labute approximate surface area is 83.9 Å². The molecule has 0 saturated heterocycles. The number of nitrogens with two attached hydrogens (primary N) is 1. The van der Waals surface area contributed by atoms with Crippen molar-refractivity contribution in [3.8, 4) is 0 Å². The van der Waals surface area contributed by atoms with Gasteiger partial charge in [-0.25, -0.2) is 0 Å². The molecule has 0 radical (unpaired) electrons. The van der Waals surface area contributed by atoms with Crippen molar-refractivity contribution in [3.63, 3.8) is 0 Å². The van der Waals surface area contributed by atoms with E-state index in [9.17, 15) is 4.79 Å². The summed E-state index contributed by atoms with van der Waals surface area (Å²) in [5.74, 6) is -0.183. The zero-order valence-corrected chi connectivity index (χ0v) is 8.32. The van der Waals surface area contributed by atoms with E-state index in [0.717, 1.165) is 11.1 Å². The van der Waals surface area contributed by atoms with Gasteiger partial charge in [0, 0.05) is 13.0 Å². The van der Waals surface area contributed by atoms with E-state index in [0.29, 0.717) is 19.4 Å². The van der Waals surface area contributed by atoms with Gasteiger partial charge in [-0.15, -0.1) is 0 Å². The van der Waals surface area contributed by atoms with Gasteiger partial charge in [0.25, 0.3) is 0 Å². The summed E-state index contributed by atoms with van der Waals surface area (Å²) < 4.78 is 4.58. The second-order valence-corrected chi connectivity index (χ2v) is 3.05. The van der Waals surface area contributed by atoms with Gasteiger partial charge in [0.05, 0.1) is 7.11 Å². The number of hydrogen-bond donors (Lipinski definition) is 1. The topological polar surface area (TPSA) is 52.3 Å². The summed E-state index contributed by atoms with van der Waals surface area (Å²) in [5.41, 5.74) is 7.79. The molecule has 0 heterocycles. The Balaban J connectivity index is 2.61. The maximum absolute atomic E-state index is 10.9. The van der Waals surface area contributed by atoms with Crippen LogP contribution in [0.2, 0.25) is 0 Å². The molecule has 0 fully saturated rings. The zero-order chi connectivity index (χ0) is 10.4. The van der Waals surface area contributed by atoms with E-state index >= 15 is 0 Å². The van der Waals surface area contributed by atoms with E-state index in [1.807, 2.05) is 24.3 Å². The number of ether oxygens (including phenoxy) is 1. The summed E-state index contributed by atoms with van der Waals surface area (Å²) in [5, 5.41) is 0. The van der Waals surface area contributed by atoms with Crippen LogP contribution in [0, 0.1) is 0 Å². The second-order valence-electron chi connectivity index (χ2n) is 3.05. The van der Waals surface area contributed by atoms with Gasteiger partial charge in [0.2, 0.25) is 0 Å². The van der Waals surface area contributed by atoms with Crippen LogP contribution in [-0.4, -0.2) is 13.1 Å². The monoisotopic (exact) mass is 193 g/mol. The summed E-state index contributed by atoms with van der Waals surface area (Å²) in [6.07, 6.45) is 1.10. The van der Waals surface area contributed by atoms with Crippen LogP contribution < -0.4 is 5.73 Å². The summed E-state index contributed by atoms with van der Waals surface area (Å²) in [4.78, 5) is 10.9. The third kappa shape index (κ3) is 2.85. The van der Waals surface area contributed by atoms with E-state index < -0.39 is 0 Å². The van der Waals surface area contributed by atoms with Crippen LogP contribution in [0.15, 0.2) is 24.3 Å². The molecule has 76 valence electrons. The van der Waals surface area contributed by atoms with Gasteiger partial charge in [-0.1, -0.05) is 24.3 Å². The lowest BCUT2D eigenvalue weighted by Gasteiger charge is -2.06. The van der Waals surface area contributed by atoms with Crippen LogP contribution in [0.1, 0.15) is 17.5 Å². The van der Waals surface area contributed by atoms with E-state index in [-0.39, 0.29) is 5.97 Å². The molecule has 1 aromatic rings. The molecule has 0 spiro atoms. The largest absolute Gasteiger partial charge is 0.469 e. The SMILES string of the molecule is COC(=O)CCc1ccccc1CN. The number of carbonyl (C=O) groups excluding carboxylic acids is 1. The van der Waals surface area contributed by atoms with Crippen LogP contribution in [0.5, 0.6) is 0 Å². The zero-order valence-electron chi connectivity index (χ0n) is 8.32. The molecule has 3 nitrogen and oxygen atoms in total. The molecular weight excluding hydrogens is 178 g/mol. The van der Waals surface area contributed by atoms with Crippen molar-refractivity contribution in [2.45, 2.75) is 19.4 Å². The minimum absolute atomic E-state index is 0.183. The van der Waals surface area contributed by atoms with Crippen molar-refractivity contribution in [2.75, 3.05) is 7.11 Å². The lowest BCUT2D eigenvalue weighted by atomic mass is 10.0. The molecule has 0 aromatic heterocycles. The number of esters is 1. The van der Waals surface area contributed by atoms with E-state index in [2.05, 4.69) is 4.74 Å². The number of hydrogen-bond acceptors (Lipinski definition) is 3. The Morgan fingerprint density at radius 2 is 2.00 bits per heavy atom. The minimum Gasteiger partial charge on any atom is -0.469 e. The summed E-state index contributed by atoms with van der Waals surface area (Å²) >= 11 is 0. The van der Waals surface area contributed by atoms with Gasteiger partial charge < -0.3 is 10.5 Å². The van der Waals surface area contributed by atoms with Crippen LogP contribution in [0.25, 0.3) is 0 Å². The standard InChI is InChI=1S/C11H15NO2/c1-14-11(13)7-6-9-4-2-3-5-10(9)8-12/h2-5H,6-8,12H2,1H3. The first-order chi connectivity index (χ1) is 6.77. The normalized spacial score (nSPS) is 9.86. The predicted octanol–water partition coefficient (Wildman–Crippen LogP) is 1.25. The first kappa shape index (κ1) is 10.7. The molecule has 0 atom stereocenters.